The van der Waals surface area contributed by atoms with Crippen molar-refractivity contribution in [3.05, 3.63) is 28.7 Å². The first-order valence-corrected chi connectivity index (χ1v) is 6.81. The van der Waals surface area contributed by atoms with Gasteiger partial charge in [0.05, 0.1) is 5.69 Å². The van der Waals surface area contributed by atoms with Gasteiger partial charge in [0.25, 0.3) is 0 Å². The molecule has 1 aromatic heterocycles. The minimum atomic E-state index is 0.0402. The minimum Gasteiger partial charge on any atom is -0.381 e. The van der Waals surface area contributed by atoms with Gasteiger partial charge in [0.2, 0.25) is 5.56 Å². The van der Waals surface area contributed by atoms with Crippen LogP contribution in [0.2, 0.25) is 0 Å². The van der Waals surface area contributed by atoms with Gasteiger partial charge in [0.1, 0.15) is 0 Å². The maximum Gasteiger partial charge on any atom is 0.250 e. The van der Waals surface area contributed by atoms with Crippen molar-refractivity contribution in [3.8, 4) is 0 Å². The number of hydrogen-bond acceptors (Lipinski definition) is 2. The molecule has 18 heavy (non-hydrogen) atoms. The SMILES string of the molecule is CC1CC(C)(C)CCC1Nc1ccc(=O)n(C)c1. The maximum absolute atomic E-state index is 11.3. The molecule has 0 saturated heterocycles. The molecule has 0 radical (unpaired) electrons. The van der Waals surface area contributed by atoms with Crippen molar-refractivity contribution in [2.24, 2.45) is 18.4 Å². The van der Waals surface area contributed by atoms with E-state index in [0.29, 0.717) is 17.4 Å². The Balaban J connectivity index is 2.06. The first-order chi connectivity index (χ1) is 8.37. The zero-order chi connectivity index (χ0) is 13.3. The summed E-state index contributed by atoms with van der Waals surface area (Å²) in [5.74, 6) is 0.672. The highest BCUT2D eigenvalue weighted by Crippen LogP contribution is 2.39. The maximum atomic E-state index is 11.3. The first-order valence-electron chi connectivity index (χ1n) is 6.81. The predicted molar refractivity (Wildman–Crippen MR) is 75.9 cm³/mol. The zero-order valence-corrected chi connectivity index (χ0v) is 11.9. The molecule has 1 saturated carbocycles. The topological polar surface area (TPSA) is 34.0 Å². The molecule has 3 heteroatoms. The number of pyridine rings is 1. The van der Waals surface area contributed by atoms with Crippen LogP contribution in [-0.2, 0) is 7.05 Å². The highest BCUT2D eigenvalue weighted by atomic mass is 16.1. The van der Waals surface area contributed by atoms with Crippen LogP contribution in [0.4, 0.5) is 5.69 Å². The highest BCUT2D eigenvalue weighted by Gasteiger charge is 2.32. The second kappa shape index (κ2) is 4.79. The second-order valence-electron chi connectivity index (χ2n) is 6.50. The number of anilines is 1. The summed E-state index contributed by atoms with van der Waals surface area (Å²) in [6.07, 6.45) is 5.61. The van der Waals surface area contributed by atoms with Crippen molar-refractivity contribution < 1.29 is 0 Å². The first kappa shape index (κ1) is 13.2. The molecule has 0 aliphatic heterocycles. The lowest BCUT2D eigenvalue weighted by Crippen LogP contribution is -2.37. The molecular weight excluding hydrogens is 224 g/mol. The summed E-state index contributed by atoms with van der Waals surface area (Å²) in [7, 11) is 1.79. The monoisotopic (exact) mass is 248 g/mol. The van der Waals surface area contributed by atoms with Gasteiger partial charge in [0, 0.05) is 25.4 Å². The molecule has 1 aliphatic carbocycles. The zero-order valence-electron chi connectivity index (χ0n) is 11.9. The Bertz CT molecular complexity index is 476. The van der Waals surface area contributed by atoms with Gasteiger partial charge in [-0.2, -0.15) is 0 Å². The third-order valence-electron chi connectivity index (χ3n) is 4.13. The van der Waals surface area contributed by atoms with E-state index in [2.05, 4.69) is 26.1 Å². The van der Waals surface area contributed by atoms with Gasteiger partial charge in [-0.25, -0.2) is 0 Å². The Morgan fingerprint density at radius 3 is 2.72 bits per heavy atom. The third kappa shape index (κ3) is 2.95. The number of hydrogen-bond donors (Lipinski definition) is 1. The third-order valence-corrected chi connectivity index (χ3v) is 4.13. The molecule has 2 unspecified atom stereocenters. The molecule has 0 aromatic carbocycles. The van der Waals surface area contributed by atoms with E-state index < -0.39 is 0 Å². The van der Waals surface area contributed by atoms with E-state index in [1.807, 2.05) is 12.3 Å². The molecule has 1 aromatic rings. The van der Waals surface area contributed by atoms with Crippen LogP contribution in [-0.4, -0.2) is 10.6 Å². The van der Waals surface area contributed by atoms with Crippen molar-refractivity contribution in [2.75, 3.05) is 5.32 Å². The van der Waals surface area contributed by atoms with Crippen LogP contribution in [0, 0.1) is 11.3 Å². The molecule has 0 amide bonds. The van der Waals surface area contributed by atoms with Gasteiger partial charge < -0.3 is 9.88 Å². The number of nitrogens with zero attached hydrogens (tertiary/aromatic N) is 1. The Hall–Kier alpha value is -1.25. The number of aromatic nitrogens is 1. The van der Waals surface area contributed by atoms with E-state index >= 15 is 0 Å². The fourth-order valence-corrected chi connectivity index (χ4v) is 3.05. The lowest BCUT2D eigenvalue weighted by atomic mass is 9.70. The predicted octanol–water partition coefficient (Wildman–Crippen LogP) is 3.01. The number of aryl methyl sites for hydroxylation is 1. The lowest BCUT2D eigenvalue weighted by molar-refractivity contribution is 0.177. The van der Waals surface area contributed by atoms with Gasteiger partial charge >= 0.3 is 0 Å². The van der Waals surface area contributed by atoms with E-state index in [1.54, 1.807) is 17.7 Å². The van der Waals surface area contributed by atoms with E-state index in [9.17, 15) is 4.79 Å². The Kier molecular flexibility index (Phi) is 3.51. The Morgan fingerprint density at radius 2 is 2.11 bits per heavy atom. The van der Waals surface area contributed by atoms with Crippen molar-refractivity contribution in [1.82, 2.24) is 4.57 Å². The molecule has 0 spiro atoms. The molecule has 1 heterocycles. The smallest absolute Gasteiger partial charge is 0.250 e. The fraction of sp³-hybridized carbons (Fsp3) is 0.667. The van der Waals surface area contributed by atoms with Crippen LogP contribution in [0.15, 0.2) is 23.1 Å². The molecule has 100 valence electrons. The van der Waals surface area contributed by atoms with Crippen molar-refractivity contribution in [1.29, 1.82) is 0 Å². The van der Waals surface area contributed by atoms with E-state index in [0.717, 1.165) is 5.69 Å². The van der Waals surface area contributed by atoms with Gasteiger partial charge in [-0.1, -0.05) is 20.8 Å². The van der Waals surface area contributed by atoms with Crippen molar-refractivity contribution >= 4 is 5.69 Å². The average Bonchev–Trinajstić information content (AvgIpc) is 2.27. The lowest BCUT2D eigenvalue weighted by Gasteiger charge is -2.40. The average molecular weight is 248 g/mol. The quantitative estimate of drug-likeness (QED) is 0.873. The highest BCUT2D eigenvalue weighted by molar-refractivity contribution is 5.41. The molecule has 3 nitrogen and oxygen atoms in total. The van der Waals surface area contributed by atoms with E-state index in [1.165, 1.54) is 19.3 Å². The summed E-state index contributed by atoms with van der Waals surface area (Å²) < 4.78 is 1.62. The van der Waals surface area contributed by atoms with Crippen LogP contribution in [0.5, 0.6) is 0 Å². The van der Waals surface area contributed by atoms with E-state index in [-0.39, 0.29) is 5.56 Å². The molecule has 2 rings (SSSR count). The Labute approximate surface area is 109 Å². The van der Waals surface area contributed by atoms with Crippen LogP contribution >= 0.6 is 0 Å². The largest absolute Gasteiger partial charge is 0.381 e. The molecule has 1 N–H and O–H groups in total. The normalized spacial score (nSPS) is 26.9. The van der Waals surface area contributed by atoms with Gasteiger partial charge in [-0.05, 0) is 36.7 Å². The molecule has 1 fully saturated rings. The van der Waals surface area contributed by atoms with Gasteiger partial charge in [-0.3, -0.25) is 4.79 Å². The van der Waals surface area contributed by atoms with Crippen LogP contribution in [0.3, 0.4) is 0 Å². The summed E-state index contributed by atoms with van der Waals surface area (Å²) in [6.45, 7) is 7.03. The molecule has 2 atom stereocenters. The van der Waals surface area contributed by atoms with Crippen LogP contribution < -0.4 is 10.9 Å². The van der Waals surface area contributed by atoms with Crippen LogP contribution in [0.1, 0.15) is 40.0 Å². The van der Waals surface area contributed by atoms with Gasteiger partial charge in [0.15, 0.2) is 0 Å². The Morgan fingerprint density at radius 1 is 1.39 bits per heavy atom. The van der Waals surface area contributed by atoms with E-state index in [4.69, 9.17) is 0 Å². The summed E-state index contributed by atoms with van der Waals surface area (Å²) >= 11 is 0. The standard InChI is InChI=1S/C15H24N2O/c1-11-9-15(2,3)8-7-13(11)16-12-5-6-14(18)17(4)10-12/h5-6,10-11,13,16H,7-9H2,1-4H3. The summed E-state index contributed by atoms with van der Waals surface area (Å²) in [6, 6.07) is 4.03. The van der Waals surface area contributed by atoms with Gasteiger partial charge in [-0.15, -0.1) is 0 Å². The minimum absolute atomic E-state index is 0.0402. The molecule has 1 aliphatic rings. The molecular formula is C15H24N2O. The fourth-order valence-electron chi connectivity index (χ4n) is 3.05. The number of nitrogens with one attached hydrogen (secondary N) is 1. The number of rotatable bonds is 2. The van der Waals surface area contributed by atoms with Crippen LogP contribution in [0.25, 0.3) is 0 Å². The second-order valence-corrected chi connectivity index (χ2v) is 6.50. The summed E-state index contributed by atoms with van der Waals surface area (Å²) in [5, 5.41) is 3.58. The van der Waals surface area contributed by atoms with Crippen molar-refractivity contribution in [3.63, 3.8) is 0 Å². The molecule has 0 bridgehead atoms. The summed E-state index contributed by atoms with van der Waals surface area (Å²) in [4.78, 5) is 11.3. The van der Waals surface area contributed by atoms with Crippen molar-refractivity contribution in [2.45, 2.75) is 46.1 Å². The summed E-state index contributed by atoms with van der Waals surface area (Å²) in [5.41, 5.74) is 1.56.